The van der Waals surface area contributed by atoms with Gasteiger partial charge in [-0.05, 0) is 18.1 Å². The van der Waals surface area contributed by atoms with Gasteiger partial charge in [-0.2, -0.15) is 0 Å². The third kappa shape index (κ3) is 2.88. The van der Waals surface area contributed by atoms with Gasteiger partial charge in [0.25, 0.3) is 0 Å². The first-order valence-corrected chi connectivity index (χ1v) is 7.00. The van der Waals surface area contributed by atoms with Crippen LogP contribution in [0.5, 0.6) is 0 Å². The van der Waals surface area contributed by atoms with Gasteiger partial charge in [0.05, 0.1) is 10.7 Å². The Balaban J connectivity index is 2.46. The zero-order valence-electron chi connectivity index (χ0n) is 10.6. The Morgan fingerprint density at radius 3 is 2.63 bits per heavy atom. The third-order valence-corrected chi connectivity index (χ3v) is 4.19. The number of para-hydroxylation sites is 1. The molecular formula is C13H14ClN3OS. The summed E-state index contributed by atoms with van der Waals surface area (Å²) >= 11 is 7.55. The lowest BCUT2D eigenvalue weighted by molar-refractivity contribution is 0.256. The van der Waals surface area contributed by atoms with Crippen molar-refractivity contribution in [1.82, 2.24) is 4.98 Å². The summed E-state index contributed by atoms with van der Waals surface area (Å²) in [4.78, 5) is 18.4. The Bertz CT molecular complexity index is 597. The third-order valence-electron chi connectivity index (χ3n) is 2.59. The van der Waals surface area contributed by atoms with E-state index in [9.17, 15) is 4.79 Å². The maximum Gasteiger partial charge on any atom is 0.325 e. The minimum Gasteiger partial charge on any atom is -0.351 e. The smallest absolute Gasteiger partial charge is 0.325 e. The number of nitrogens with two attached hydrogens (primary N) is 1. The number of nitrogens with zero attached hydrogens (tertiary/aromatic N) is 2. The molecule has 0 unspecified atom stereocenters. The summed E-state index contributed by atoms with van der Waals surface area (Å²) in [7, 11) is 0. The van der Waals surface area contributed by atoms with E-state index in [1.165, 1.54) is 16.2 Å². The van der Waals surface area contributed by atoms with Crippen LogP contribution in [0.15, 0.2) is 30.5 Å². The summed E-state index contributed by atoms with van der Waals surface area (Å²) in [6.07, 6.45) is 1.76. The van der Waals surface area contributed by atoms with E-state index >= 15 is 0 Å². The van der Waals surface area contributed by atoms with Crippen LogP contribution in [0.2, 0.25) is 5.02 Å². The SMILES string of the molecule is CC(C)c1cnc(N(C(N)=O)c2ccccc2Cl)s1. The van der Waals surface area contributed by atoms with Crippen molar-refractivity contribution in [3.63, 3.8) is 0 Å². The quantitative estimate of drug-likeness (QED) is 0.925. The molecule has 0 aliphatic rings. The van der Waals surface area contributed by atoms with Crippen molar-refractivity contribution in [3.8, 4) is 0 Å². The van der Waals surface area contributed by atoms with Crippen LogP contribution in [0.4, 0.5) is 15.6 Å². The monoisotopic (exact) mass is 295 g/mol. The average Bonchev–Trinajstić information content (AvgIpc) is 2.81. The Labute approximate surface area is 120 Å². The zero-order valence-corrected chi connectivity index (χ0v) is 12.2. The lowest BCUT2D eigenvalue weighted by atomic mass is 10.2. The van der Waals surface area contributed by atoms with Crippen LogP contribution in [-0.2, 0) is 0 Å². The van der Waals surface area contributed by atoms with Gasteiger partial charge < -0.3 is 5.73 Å². The number of carbonyl (C=O) groups excluding carboxylic acids is 1. The molecule has 4 nitrogen and oxygen atoms in total. The highest BCUT2D eigenvalue weighted by molar-refractivity contribution is 7.16. The standard InChI is InChI=1S/C13H14ClN3OS/c1-8(2)11-7-16-13(19-11)17(12(15)18)10-6-4-3-5-9(10)14/h3-8H,1-2H3,(H2,15,18). The molecule has 0 saturated carbocycles. The van der Waals surface area contributed by atoms with Crippen molar-refractivity contribution >= 4 is 39.8 Å². The number of urea groups is 1. The highest BCUT2D eigenvalue weighted by Gasteiger charge is 2.21. The van der Waals surface area contributed by atoms with Crippen molar-refractivity contribution < 1.29 is 4.79 Å². The molecule has 0 saturated heterocycles. The molecule has 0 radical (unpaired) electrons. The van der Waals surface area contributed by atoms with Gasteiger partial charge in [0.1, 0.15) is 0 Å². The van der Waals surface area contributed by atoms with E-state index in [2.05, 4.69) is 18.8 Å². The molecule has 1 aromatic carbocycles. The van der Waals surface area contributed by atoms with Gasteiger partial charge in [-0.25, -0.2) is 14.7 Å². The second-order valence-corrected chi connectivity index (χ2v) is 5.77. The lowest BCUT2D eigenvalue weighted by Crippen LogP contribution is -2.31. The van der Waals surface area contributed by atoms with Gasteiger partial charge in [-0.3, -0.25) is 0 Å². The van der Waals surface area contributed by atoms with E-state index in [4.69, 9.17) is 17.3 Å². The van der Waals surface area contributed by atoms with E-state index < -0.39 is 6.03 Å². The highest BCUT2D eigenvalue weighted by Crippen LogP contribution is 2.35. The fourth-order valence-electron chi connectivity index (χ4n) is 1.60. The zero-order chi connectivity index (χ0) is 14.0. The summed E-state index contributed by atoms with van der Waals surface area (Å²) < 4.78 is 0. The molecule has 2 amide bonds. The maximum absolute atomic E-state index is 11.7. The number of primary amides is 1. The van der Waals surface area contributed by atoms with Gasteiger partial charge in [0, 0.05) is 11.1 Å². The number of carbonyl (C=O) groups is 1. The molecule has 19 heavy (non-hydrogen) atoms. The predicted octanol–water partition coefficient (Wildman–Crippen LogP) is 4.14. The number of benzene rings is 1. The fraction of sp³-hybridized carbons (Fsp3) is 0.231. The average molecular weight is 296 g/mol. The first-order valence-electron chi connectivity index (χ1n) is 5.80. The van der Waals surface area contributed by atoms with Gasteiger partial charge >= 0.3 is 6.03 Å². The molecule has 0 fully saturated rings. The highest BCUT2D eigenvalue weighted by atomic mass is 35.5. The number of anilines is 2. The molecule has 0 spiro atoms. The van der Waals surface area contributed by atoms with Crippen LogP contribution in [0.3, 0.4) is 0 Å². The molecule has 1 aromatic heterocycles. The first-order chi connectivity index (χ1) is 9.00. The molecule has 2 N–H and O–H groups in total. The molecule has 2 rings (SSSR count). The van der Waals surface area contributed by atoms with Gasteiger partial charge in [0.2, 0.25) is 0 Å². The molecule has 1 heterocycles. The number of hydrogen-bond acceptors (Lipinski definition) is 3. The Morgan fingerprint density at radius 2 is 2.11 bits per heavy atom. The lowest BCUT2D eigenvalue weighted by Gasteiger charge is -2.18. The minimum atomic E-state index is -0.599. The van der Waals surface area contributed by atoms with Crippen LogP contribution in [-0.4, -0.2) is 11.0 Å². The second-order valence-electron chi connectivity index (χ2n) is 4.32. The van der Waals surface area contributed by atoms with Crippen molar-refractivity contribution in [2.45, 2.75) is 19.8 Å². The molecule has 0 atom stereocenters. The van der Waals surface area contributed by atoms with Crippen molar-refractivity contribution in [3.05, 3.63) is 40.4 Å². The van der Waals surface area contributed by atoms with Crippen LogP contribution in [0.1, 0.15) is 24.6 Å². The number of amides is 2. The van der Waals surface area contributed by atoms with Crippen LogP contribution in [0, 0.1) is 0 Å². The molecule has 0 aliphatic heterocycles. The summed E-state index contributed by atoms with van der Waals surface area (Å²) in [6, 6.07) is 6.45. The summed E-state index contributed by atoms with van der Waals surface area (Å²) in [5.41, 5.74) is 5.99. The summed E-state index contributed by atoms with van der Waals surface area (Å²) in [5.74, 6) is 0.354. The Hall–Kier alpha value is -1.59. The van der Waals surface area contributed by atoms with Gasteiger partial charge in [-0.1, -0.05) is 37.6 Å². The van der Waals surface area contributed by atoms with Crippen LogP contribution >= 0.6 is 22.9 Å². The topological polar surface area (TPSA) is 59.2 Å². The van der Waals surface area contributed by atoms with E-state index in [0.717, 1.165) is 4.88 Å². The summed E-state index contributed by atoms with van der Waals surface area (Å²) in [5, 5.41) is 0.992. The summed E-state index contributed by atoms with van der Waals surface area (Å²) in [6.45, 7) is 4.14. The number of hydrogen-bond donors (Lipinski definition) is 1. The molecule has 2 aromatic rings. The maximum atomic E-state index is 11.7. The Morgan fingerprint density at radius 1 is 1.42 bits per heavy atom. The van der Waals surface area contributed by atoms with E-state index in [-0.39, 0.29) is 0 Å². The molecule has 100 valence electrons. The number of halogens is 1. The number of thiazole rings is 1. The molecular weight excluding hydrogens is 282 g/mol. The van der Waals surface area contributed by atoms with E-state index in [1.54, 1.807) is 30.5 Å². The van der Waals surface area contributed by atoms with Gasteiger partial charge in [-0.15, -0.1) is 11.3 Å². The Kier molecular flexibility index (Phi) is 4.07. The second kappa shape index (κ2) is 5.59. The largest absolute Gasteiger partial charge is 0.351 e. The van der Waals surface area contributed by atoms with E-state index in [1.807, 2.05) is 0 Å². The van der Waals surface area contributed by atoms with Gasteiger partial charge in [0.15, 0.2) is 5.13 Å². The van der Waals surface area contributed by atoms with Crippen molar-refractivity contribution in [2.75, 3.05) is 4.90 Å². The van der Waals surface area contributed by atoms with Crippen LogP contribution < -0.4 is 10.6 Å². The molecule has 6 heteroatoms. The molecule has 0 aliphatic carbocycles. The first kappa shape index (κ1) is 13.8. The predicted molar refractivity (Wildman–Crippen MR) is 79.4 cm³/mol. The number of aromatic nitrogens is 1. The van der Waals surface area contributed by atoms with Crippen LogP contribution in [0.25, 0.3) is 0 Å². The minimum absolute atomic E-state index is 0.354. The normalized spacial score (nSPS) is 10.7. The van der Waals surface area contributed by atoms with Crippen molar-refractivity contribution in [1.29, 1.82) is 0 Å². The fourth-order valence-corrected chi connectivity index (χ4v) is 2.75. The molecule has 0 bridgehead atoms. The number of rotatable bonds is 3. The van der Waals surface area contributed by atoms with E-state index in [0.29, 0.717) is 21.8 Å². The van der Waals surface area contributed by atoms with Crippen molar-refractivity contribution in [2.24, 2.45) is 5.73 Å².